The van der Waals surface area contributed by atoms with E-state index in [1.54, 1.807) is 0 Å². The molecule has 0 atom stereocenters. The third-order valence-electron chi connectivity index (χ3n) is 3.35. The second-order valence-electron chi connectivity index (χ2n) is 4.94. The quantitative estimate of drug-likeness (QED) is 0.778. The normalized spacial score (nSPS) is 19.8. The average Bonchev–Trinajstić information content (AvgIpc) is 2.36. The lowest BCUT2D eigenvalue weighted by molar-refractivity contribution is -0.332. The molecular weight excluding hydrogens is 331 g/mol. The van der Waals surface area contributed by atoms with Crippen molar-refractivity contribution < 1.29 is 39.2 Å². The van der Waals surface area contributed by atoms with Gasteiger partial charge in [-0.25, -0.2) is 13.1 Å². The van der Waals surface area contributed by atoms with Crippen LogP contribution in [0, 0.1) is 5.92 Å². The van der Waals surface area contributed by atoms with E-state index in [1.165, 1.54) is 4.72 Å². The maximum absolute atomic E-state index is 13.1. The molecule has 0 aromatic carbocycles. The lowest BCUT2D eigenvalue weighted by atomic mass is 9.90. The van der Waals surface area contributed by atoms with E-state index < -0.39 is 33.9 Å². The van der Waals surface area contributed by atoms with Crippen LogP contribution in [-0.2, 0) is 10.0 Å². The Morgan fingerprint density at radius 2 is 1.38 bits per heavy atom. The van der Waals surface area contributed by atoms with Crippen molar-refractivity contribution in [3.8, 4) is 0 Å². The van der Waals surface area contributed by atoms with Gasteiger partial charge in [-0.15, -0.1) is 0 Å². The highest BCUT2D eigenvalue weighted by atomic mass is 32.2. The predicted octanol–water partition coefficient (Wildman–Crippen LogP) is 3.28. The highest BCUT2D eigenvalue weighted by Gasteiger charge is 2.78. The number of halogens is 7. The molecule has 1 N–H and O–H groups in total. The molecule has 0 saturated heterocycles. The van der Waals surface area contributed by atoms with Crippen molar-refractivity contribution in [3.05, 3.63) is 0 Å². The molecule has 0 aromatic rings. The van der Waals surface area contributed by atoms with Gasteiger partial charge in [0, 0.05) is 6.54 Å². The highest BCUT2D eigenvalue weighted by Crippen LogP contribution is 2.48. The standard InChI is InChI=1S/C10H14F7NO2S/c11-8(12,9(13,14)15)10(16,17)21(19,20)18-6-7-4-2-1-3-5-7/h7,18H,1-6H2. The summed E-state index contributed by atoms with van der Waals surface area (Å²) in [7, 11) is -6.15. The Labute approximate surface area is 116 Å². The molecule has 1 fully saturated rings. The maximum Gasteiger partial charge on any atom is 0.461 e. The first-order valence-corrected chi connectivity index (χ1v) is 7.63. The van der Waals surface area contributed by atoms with Gasteiger partial charge in [0.15, 0.2) is 0 Å². The summed E-state index contributed by atoms with van der Waals surface area (Å²) in [6.07, 6.45) is -3.34. The summed E-state index contributed by atoms with van der Waals surface area (Å²) in [5.41, 5.74) is 0. The zero-order valence-corrected chi connectivity index (χ0v) is 11.5. The zero-order chi connectivity index (χ0) is 16.5. The SMILES string of the molecule is O=S(=O)(NCC1CCCCC1)C(F)(F)C(F)(F)C(F)(F)F. The van der Waals surface area contributed by atoms with E-state index in [1.807, 2.05) is 0 Å². The molecular formula is C10H14F7NO2S. The van der Waals surface area contributed by atoms with Gasteiger partial charge in [0.2, 0.25) is 0 Å². The minimum Gasteiger partial charge on any atom is -0.210 e. The smallest absolute Gasteiger partial charge is 0.210 e. The van der Waals surface area contributed by atoms with Gasteiger partial charge in [-0.1, -0.05) is 19.3 Å². The Bertz CT molecular complexity index is 455. The van der Waals surface area contributed by atoms with E-state index in [0.717, 1.165) is 19.3 Å². The first kappa shape index (κ1) is 18.5. The Hall–Kier alpha value is -0.580. The molecule has 0 aromatic heterocycles. The largest absolute Gasteiger partial charge is 0.461 e. The second-order valence-corrected chi connectivity index (χ2v) is 6.75. The lowest BCUT2D eigenvalue weighted by Gasteiger charge is -2.29. The van der Waals surface area contributed by atoms with Gasteiger partial charge < -0.3 is 0 Å². The number of nitrogens with one attached hydrogen (secondary N) is 1. The Balaban J connectivity index is 2.84. The van der Waals surface area contributed by atoms with E-state index in [-0.39, 0.29) is 5.92 Å². The van der Waals surface area contributed by atoms with E-state index in [0.29, 0.717) is 12.8 Å². The minimum atomic E-state index is -6.67. The number of hydrogen-bond acceptors (Lipinski definition) is 2. The van der Waals surface area contributed by atoms with Crippen molar-refractivity contribution in [2.75, 3.05) is 6.54 Å². The summed E-state index contributed by atoms with van der Waals surface area (Å²) in [6, 6.07) is 0. The molecule has 11 heteroatoms. The average molecular weight is 345 g/mol. The number of alkyl halides is 7. The molecule has 0 amide bonds. The van der Waals surface area contributed by atoms with Crippen LogP contribution in [0.5, 0.6) is 0 Å². The van der Waals surface area contributed by atoms with Crippen molar-refractivity contribution in [2.24, 2.45) is 5.92 Å². The Morgan fingerprint density at radius 1 is 0.905 bits per heavy atom. The van der Waals surface area contributed by atoms with Crippen LogP contribution in [0.1, 0.15) is 32.1 Å². The zero-order valence-electron chi connectivity index (χ0n) is 10.7. The summed E-state index contributed by atoms with van der Waals surface area (Å²) < 4.78 is 111. The molecule has 3 nitrogen and oxygen atoms in total. The molecule has 1 aliphatic carbocycles. The van der Waals surface area contributed by atoms with Crippen LogP contribution in [0.4, 0.5) is 30.7 Å². The summed E-state index contributed by atoms with van der Waals surface area (Å²) in [4.78, 5) is 0. The Morgan fingerprint density at radius 3 is 1.81 bits per heavy atom. The van der Waals surface area contributed by atoms with E-state index in [4.69, 9.17) is 0 Å². The minimum absolute atomic E-state index is 0.344. The van der Waals surface area contributed by atoms with Crippen molar-refractivity contribution in [1.29, 1.82) is 0 Å². The van der Waals surface area contributed by atoms with Crippen LogP contribution >= 0.6 is 0 Å². The second kappa shape index (κ2) is 5.90. The topological polar surface area (TPSA) is 46.2 Å². The Kier molecular flexibility index (Phi) is 5.19. The van der Waals surface area contributed by atoms with Gasteiger partial charge in [0.25, 0.3) is 10.0 Å². The van der Waals surface area contributed by atoms with Crippen LogP contribution in [0.2, 0.25) is 0 Å². The third-order valence-corrected chi connectivity index (χ3v) is 4.82. The number of rotatable bonds is 5. The first-order chi connectivity index (χ1) is 9.33. The number of sulfonamides is 1. The molecule has 1 aliphatic rings. The van der Waals surface area contributed by atoms with E-state index in [9.17, 15) is 39.2 Å². The van der Waals surface area contributed by atoms with Crippen LogP contribution in [0.15, 0.2) is 0 Å². The fourth-order valence-electron chi connectivity index (χ4n) is 2.04. The van der Waals surface area contributed by atoms with E-state index in [2.05, 4.69) is 0 Å². The van der Waals surface area contributed by atoms with Gasteiger partial charge in [-0.3, -0.25) is 0 Å². The van der Waals surface area contributed by atoms with Gasteiger partial charge >= 0.3 is 17.4 Å². The van der Waals surface area contributed by atoms with Crippen molar-refractivity contribution >= 4 is 10.0 Å². The maximum atomic E-state index is 13.1. The molecule has 0 bridgehead atoms. The molecule has 0 radical (unpaired) electrons. The van der Waals surface area contributed by atoms with Crippen LogP contribution < -0.4 is 4.72 Å². The molecule has 0 aliphatic heterocycles. The summed E-state index contributed by atoms with van der Waals surface area (Å²) in [5, 5.41) is -6.27. The van der Waals surface area contributed by atoms with Crippen molar-refractivity contribution in [2.45, 2.75) is 49.5 Å². The van der Waals surface area contributed by atoms with Crippen LogP contribution in [-0.4, -0.2) is 32.3 Å². The van der Waals surface area contributed by atoms with Crippen LogP contribution in [0.3, 0.4) is 0 Å². The van der Waals surface area contributed by atoms with Crippen LogP contribution in [0.25, 0.3) is 0 Å². The summed E-state index contributed by atoms with van der Waals surface area (Å²) in [6.45, 7) is -0.578. The van der Waals surface area contributed by atoms with Gasteiger partial charge in [-0.05, 0) is 18.8 Å². The van der Waals surface area contributed by atoms with E-state index >= 15 is 0 Å². The number of hydrogen-bond donors (Lipinski definition) is 1. The molecule has 1 saturated carbocycles. The fraction of sp³-hybridized carbons (Fsp3) is 1.00. The fourth-order valence-corrected chi connectivity index (χ4v) is 3.13. The lowest BCUT2D eigenvalue weighted by Crippen LogP contribution is -2.59. The molecule has 21 heavy (non-hydrogen) atoms. The summed E-state index contributed by atoms with van der Waals surface area (Å²) in [5.74, 6) is -7.01. The van der Waals surface area contributed by atoms with Gasteiger partial charge in [0.1, 0.15) is 0 Å². The summed E-state index contributed by atoms with van der Waals surface area (Å²) >= 11 is 0. The van der Waals surface area contributed by atoms with Crippen molar-refractivity contribution in [1.82, 2.24) is 4.72 Å². The third kappa shape index (κ3) is 3.61. The van der Waals surface area contributed by atoms with Crippen molar-refractivity contribution in [3.63, 3.8) is 0 Å². The predicted molar refractivity (Wildman–Crippen MR) is 59.4 cm³/mol. The highest BCUT2D eigenvalue weighted by molar-refractivity contribution is 7.90. The molecule has 0 heterocycles. The van der Waals surface area contributed by atoms with Gasteiger partial charge in [-0.2, -0.15) is 30.7 Å². The van der Waals surface area contributed by atoms with Gasteiger partial charge in [0.05, 0.1) is 0 Å². The monoisotopic (exact) mass is 345 g/mol. The molecule has 126 valence electrons. The molecule has 1 rings (SSSR count). The first-order valence-electron chi connectivity index (χ1n) is 6.14. The molecule has 0 spiro atoms. The molecule has 0 unspecified atom stereocenters.